The summed E-state index contributed by atoms with van der Waals surface area (Å²) in [6, 6.07) is 31.1. The minimum absolute atomic E-state index is 0.291. The van der Waals surface area contributed by atoms with Crippen LogP contribution in [0.25, 0.3) is 0 Å². The van der Waals surface area contributed by atoms with Gasteiger partial charge in [-0.25, -0.2) is 4.99 Å². The van der Waals surface area contributed by atoms with E-state index < -0.39 is 0 Å². The van der Waals surface area contributed by atoms with E-state index in [9.17, 15) is 0 Å². The lowest BCUT2D eigenvalue weighted by Crippen LogP contribution is -2.11. The number of rotatable bonds is 12. The second kappa shape index (κ2) is 14.6. The van der Waals surface area contributed by atoms with Crippen molar-refractivity contribution in [2.45, 2.75) is 40.6 Å². The molecule has 162 valence electrons. The van der Waals surface area contributed by atoms with Crippen LogP contribution in [0.5, 0.6) is 0 Å². The Morgan fingerprint density at radius 1 is 0.774 bits per heavy atom. The maximum atomic E-state index is 6.13. The Hall–Kier alpha value is -1.47. The molecule has 0 aromatic heterocycles. The summed E-state index contributed by atoms with van der Waals surface area (Å²) in [6.07, 6.45) is 2.92. The van der Waals surface area contributed by atoms with Gasteiger partial charge in [0.05, 0.1) is 16.9 Å². The van der Waals surface area contributed by atoms with E-state index in [2.05, 4.69) is 67.6 Å². The van der Waals surface area contributed by atoms with Crippen LogP contribution in [-0.4, -0.2) is 17.1 Å². The molecule has 0 unspecified atom stereocenters. The molecule has 3 aromatic rings. The first-order valence-electron chi connectivity index (χ1n) is 10.4. The lowest BCUT2D eigenvalue weighted by atomic mass is 10.3. The Bertz CT molecular complexity index is 848. The smallest absolute Gasteiger partial charge is 0.190 e. The summed E-state index contributed by atoms with van der Waals surface area (Å²) in [5, 5.41) is 0. The summed E-state index contributed by atoms with van der Waals surface area (Å²) >= 11 is 0. The van der Waals surface area contributed by atoms with Crippen molar-refractivity contribution in [3.05, 3.63) is 91.0 Å². The molecule has 0 fully saturated rings. The summed E-state index contributed by atoms with van der Waals surface area (Å²) in [5.74, 6) is 0.812. The molecule has 0 radical (unpaired) electrons. The van der Waals surface area contributed by atoms with Crippen molar-refractivity contribution >= 4 is 54.8 Å². The van der Waals surface area contributed by atoms with Crippen LogP contribution in [0, 0.1) is 0 Å². The molecule has 0 aliphatic carbocycles. The van der Waals surface area contributed by atoms with Crippen LogP contribution in [0.3, 0.4) is 0 Å². The van der Waals surface area contributed by atoms with E-state index in [1.54, 1.807) is 0 Å². The van der Waals surface area contributed by atoms with E-state index >= 15 is 0 Å². The first kappa shape index (κ1) is 24.2. The maximum absolute atomic E-state index is 6.13. The van der Waals surface area contributed by atoms with Crippen LogP contribution >= 0.6 is 43.2 Å². The van der Waals surface area contributed by atoms with Crippen molar-refractivity contribution in [3.63, 3.8) is 0 Å². The number of hydrogen-bond donors (Lipinski definition) is 0. The normalized spacial score (nSPS) is 11.6. The van der Waals surface area contributed by atoms with Crippen molar-refractivity contribution in [3.8, 4) is 0 Å². The largest absolute Gasteiger partial charge is 0.481 e. The summed E-state index contributed by atoms with van der Waals surface area (Å²) in [6.45, 7) is 2.89. The number of nitrogens with zero attached hydrogens (tertiary/aromatic N) is 1. The molecule has 0 spiro atoms. The molecular weight excluding hydrogens is 459 g/mol. The van der Waals surface area contributed by atoms with Gasteiger partial charge < -0.3 is 4.74 Å². The number of ether oxygens (including phenoxy) is 1. The third-order valence-corrected chi connectivity index (χ3v) is 10.4. The van der Waals surface area contributed by atoms with Gasteiger partial charge in [0, 0.05) is 16.2 Å². The fraction of sp³-hybridized carbons (Fsp3) is 0.240. The van der Waals surface area contributed by atoms with Gasteiger partial charge in [-0.05, 0) is 42.8 Å². The fourth-order valence-corrected chi connectivity index (χ4v) is 8.29. The maximum Gasteiger partial charge on any atom is 0.190 e. The average Bonchev–Trinajstić information content (AvgIpc) is 2.83. The van der Waals surface area contributed by atoms with Gasteiger partial charge in [-0.1, -0.05) is 111 Å². The Balaban J connectivity index is 1.70. The van der Waals surface area contributed by atoms with Crippen molar-refractivity contribution < 1.29 is 4.74 Å². The molecule has 0 amide bonds. The van der Waals surface area contributed by atoms with Gasteiger partial charge in [-0.15, -0.1) is 0 Å². The van der Waals surface area contributed by atoms with Crippen molar-refractivity contribution in [2.24, 2.45) is 4.99 Å². The van der Waals surface area contributed by atoms with Gasteiger partial charge in [0.15, 0.2) is 5.90 Å². The lowest BCUT2D eigenvalue weighted by molar-refractivity contribution is 0.289. The summed E-state index contributed by atoms with van der Waals surface area (Å²) < 4.78 is 6.42. The monoisotopic (exact) mass is 485 g/mol. The van der Waals surface area contributed by atoms with Gasteiger partial charge in [-0.2, -0.15) is 0 Å². The van der Waals surface area contributed by atoms with Crippen LogP contribution in [0.15, 0.2) is 106 Å². The minimum Gasteiger partial charge on any atom is -0.481 e. The van der Waals surface area contributed by atoms with Crippen molar-refractivity contribution in [1.29, 1.82) is 0 Å². The Labute approximate surface area is 201 Å². The third-order valence-electron chi connectivity index (χ3n) is 4.11. The van der Waals surface area contributed by atoms with Gasteiger partial charge >= 0.3 is 0 Å². The minimum atomic E-state index is 0.291. The topological polar surface area (TPSA) is 21.6 Å². The second-order valence-corrected chi connectivity index (χ2v) is 11.9. The highest BCUT2D eigenvalue weighted by molar-refractivity contribution is 8.85. The van der Waals surface area contributed by atoms with Crippen molar-refractivity contribution in [2.75, 3.05) is 6.61 Å². The van der Waals surface area contributed by atoms with E-state index in [0.29, 0.717) is 11.2 Å². The quantitative estimate of drug-likeness (QED) is 0.0836. The lowest BCUT2D eigenvalue weighted by Gasteiger charge is -2.17. The van der Waals surface area contributed by atoms with Crippen LogP contribution < -0.4 is 0 Å². The zero-order chi connectivity index (χ0) is 21.6. The summed E-state index contributed by atoms with van der Waals surface area (Å²) in [4.78, 5) is 7.35. The molecule has 0 saturated carbocycles. The molecule has 0 aliphatic heterocycles. The Morgan fingerprint density at radius 3 is 1.81 bits per heavy atom. The highest BCUT2D eigenvalue weighted by Crippen LogP contribution is 2.47. The van der Waals surface area contributed by atoms with Crippen LogP contribution in [0.1, 0.15) is 26.2 Å². The molecule has 0 bridgehead atoms. The molecular formula is C25H27NOS4. The number of para-hydroxylation sites is 1. The zero-order valence-electron chi connectivity index (χ0n) is 17.6. The van der Waals surface area contributed by atoms with Gasteiger partial charge in [-0.3, -0.25) is 0 Å². The zero-order valence-corrected chi connectivity index (χ0v) is 20.8. The van der Waals surface area contributed by atoms with E-state index in [1.165, 1.54) is 9.79 Å². The molecule has 0 aliphatic rings. The van der Waals surface area contributed by atoms with E-state index in [0.717, 1.165) is 30.8 Å². The Morgan fingerprint density at radius 2 is 1.29 bits per heavy atom. The predicted octanol–water partition coefficient (Wildman–Crippen LogP) is 9.13. The summed E-state index contributed by atoms with van der Waals surface area (Å²) in [5.41, 5.74) is 0.939. The number of benzene rings is 3. The summed E-state index contributed by atoms with van der Waals surface area (Å²) in [7, 11) is 7.36. The first-order valence-corrected chi connectivity index (χ1v) is 14.8. The number of hydrogen-bond acceptors (Lipinski definition) is 6. The molecule has 3 rings (SSSR count). The van der Waals surface area contributed by atoms with Crippen LogP contribution in [0.4, 0.5) is 5.69 Å². The van der Waals surface area contributed by atoms with Crippen molar-refractivity contribution in [1.82, 2.24) is 0 Å². The fourth-order valence-electron chi connectivity index (χ4n) is 2.51. The number of unbranched alkanes of at least 4 members (excludes halogenated alkanes) is 1. The number of aliphatic imine (C=N–C) groups is 1. The Kier molecular flexibility index (Phi) is 11.4. The average molecular weight is 486 g/mol. The SMILES string of the molecule is CCCCOC(CC(SSc1ccccc1)SSc1ccccc1)=Nc1ccccc1. The molecule has 0 atom stereocenters. The standard InChI is InChI=1S/C25H27NOS4/c1-2-3-19-27-24(26-21-13-7-4-8-14-21)20-25(30-28-22-15-9-5-10-16-22)31-29-23-17-11-6-12-18-23/h4-18,25H,2-3,19-20H2,1H3. The second-order valence-electron chi connectivity index (χ2n) is 6.66. The van der Waals surface area contributed by atoms with Gasteiger partial charge in [0.2, 0.25) is 0 Å². The highest BCUT2D eigenvalue weighted by atomic mass is 33.1. The van der Waals surface area contributed by atoms with Crippen LogP contribution in [0.2, 0.25) is 0 Å². The molecule has 3 aromatic carbocycles. The van der Waals surface area contributed by atoms with Gasteiger partial charge in [0.1, 0.15) is 0 Å². The molecule has 2 nitrogen and oxygen atoms in total. The van der Waals surface area contributed by atoms with E-state index in [-0.39, 0.29) is 0 Å². The predicted molar refractivity (Wildman–Crippen MR) is 143 cm³/mol. The van der Waals surface area contributed by atoms with Gasteiger partial charge in [0.25, 0.3) is 0 Å². The molecule has 31 heavy (non-hydrogen) atoms. The van der Waals surface area contributed by atoms with E-state index in [4.69, 9.17) is 9.73 Å². The first-order chi connectivity index (χ1) is 15.3. The molecule has 6 heteroatoms. The third kappa shape index (κ3) is 9.69. The molecule has 0 saturated heterocycles. The highest BCUT2D eigenvalue weighted by Gasteiger charge is 2.17. The molecule has 0 heterocycles. The molecule has 0 N–H and O–H groups in total. The van der Waals surface area contributed by atoms with Crippen LogP contribution in [-0.2, 0) is 4.74 Å². The van der Waals surface area contributed by atoms with E-state index in [1.807, 2.05) is 73.5 Å².